The van der Waals surface area contributed by atoms with Gasteiger partial charge in [-0.15, -0.1) is 5.10 Å². The first-order valence-corrected chi connectivity index (χ1v) is 9.17. The predicted molar refractivity (Wildman–Crippen MR) is 98.3 cm³/mol. The maximum atomic E-state index is 12.1. The molecule has 4 heterocycles. The third-order valence-electron chi connectivity index (χ3n) is 5.04. The van der Waals surface area contributed by atoms with Crippen LogP contribution in [0.5, 0.6) is 0 Å². The summed E-state index contributed by atoms with van der Waals surface area (Å²) in [5.74, 6) is 1.29. The van der Waals surface area contributed by atoms with E-state index in [1.54, 1.807) is 10.7 Å². The second-order valence-corrected chi connectivity index (χ2v) is 8.24. The lowest BCUT2D eigenvalue weighted by molar-refractivity contribution is 0.108. The van der Waals surface area contributed by atoms with Crippen molar-refractivity contribution in [3.63, 3.8) is 0 Å². The van der Waals surface area contributed by atoms with E-state index in [4.69, 9.17) is 4.74 Å². The highest BCUT2D eigenvalue weighted by atomic mass is 16.5. The molecule has 0 saturated carbocycles. The van der Waals surface area contributed by atoms with E-state index in [1.165, 1.54) is 0 Å². The van der Waals surface area contributed by atoms with Crippen molar-refractivity contribution < 1.29 is 4.74 Å². The molecular formula is C19H25N5O2. The van der Waals surface area contributed by atoms with Gasteiger partial charge in [-0.1, -0.05) is 20.8 Å². The number of nitrogens with zero attached hydrogens (tertiary/aromatic N) is 5. The molecule has 2 aliphatic rings. The Kier molecular flexibility index (Phi) is 4.26. The van der Waals surface area contributed by atoms with Gasteiger partial charge in [-0.2, -0.15) is 10.2 Å². The van der Waals surface area contributed by atoms with E-state index >= 15 is 0 Å². The Hall–Kier alpha value is -2.28. The fourth-order valence-corrected chi connectivity index (χ4v) is 3.38. The number of rotatable bonds is 3. The molecule has 7 nitrogen and oxygen atoms in total. The number of ether oxygens (including phenoxy) is 1. The van der Waals surface area contributed by atoms with Crippen molar-refractivity contribution in [3.05, 3.63) is 45.5 Å². The molecular weight excluding hydrogens is 330 g/mol. The number of anilines is 1. The van der Waals surface area contributed by atoms with Gasteiger partial charge in [-0.3, -0.25) is 4.79 Å². The monoisotopic (exact) mass is 355 g/mol. The normalized spacial score (nSPS) is 17.7. The van der Waals surface area contributed by atoms with E-state index in [-0.39, 0.29) is 11.0 Å². The summed E-state index contributed by atoms with van der Waals surface area (Å²) in [7, 11) is 0. The van der Waals surface area contributed by atoms with Crippen molar-refractivity contribution in [2.24, 2.45) is 5.92 Å². The van der Waals surface area contributed by atoms with Gasteiger partial charge < -0.3 is 9.64 Å². The summed E-state index contributed by atoms with van der Waals surface area (Å²) < 4.78 is 7.11. The third-order valence-corrected chi connectivity index (χ3v) is 5.04. The first kappa shape index (κ1) is 17.1. The van der Waals surface area contributed by atoms with Crippen molar-refractivity contribution in [1.82, 2.24) is 20.0 Å². The van der Waals surface area contributed by atoms with Crippen LogP contribution in [0, 0.1) is 5.92 Å². The summed E-state index contributed by atoms with van der Waals surface area (Å²) in [5.41, 5.74) is 3.02. The minimum Gasteiger partial charge on any atom is -0.376 e. The smallest absolute Gasteiger partial charge is 0.266 e. The molecule has 138 valence electrons. The molecule has 0 bridgehead atoms. The molecule has 0 aliphatic carbocycles. The van der Waals surface area contributed by atoms with E-state index in [2.05, 4.69) is 47.0 Å². The van der Waals surface area contributed by atoms with Gasteiger partial charge in [0.25, 0.3) is 5.56 Å². The molecule has 26 heavy (non-hydrogen) atoms. The summed E-state index contributed by atoms with van der Waals surface area (Å²) in [6.07, 6.45) is 0.837. The van der Waals surface area contributed by atoms with Gasteiger partial charge in [0.2, 0.25) is 0 Å². The molecule has 0 atom stereocenters. The summed E-state index contributed by atoms with van der Waals surface area (Å²) >= 11 is 0. The zero-order valence-electron chi connectivity index (χ0n) is 15.6. The quantitative estimate of drug-likeness (QED) is 0.832. The molecule has 0 N–H and O–H groups in total. The molecule has 1 fully saturated rings. The lowest BCUT2D eigenvalue weighted by atomic mass is 9.92. The molecule has 1 saturated heterocycles. The van der Waals surface area contributed by atoms with Gasteiger partial charge in [-0.25, -0.2) is 4.68 Å². The molecule has 7 heteroatoms. The van der Waals surface area contributed by atoms with Crippen LogP contribution < -0.4 is 10.5 Å². The molecule has 2 aromatic rings. The number of hydrogen-bond donors (Lipinski definition) is 0. The van der Waals surface area contributed by atoms with Crippen molar-refractivity contribution in [3.8, 4) is 0 Å². The zero-order chi connectivity index (χ0) is 18.3. The number of fused-ring (bicyclic) bond motifs is 1. The van der Waals surface area contributed by atoms with Crippen LogP contribution in [0.15, 0.2) is 23.0 Å². The third kappa shape index (κ3) is 3.35. The summed E-state index contributed by atoms with van der Waals surface area (Å²) in [5, 5.41) is 13.3. The molecule has 0 spiro atoms. The van der Waals surface area contributed by atoms with Gasteiger partial charge in [-0.05, 0) is 12.1 Å². The first-order chi connectivity index (χ1) is 12.4. The summed E-state index contributed by atoms with van der Waals surface area (Å²) in [6, 6.07) is 5.54. The lowest BCUT2D eigenvalue weighted by Gasteiger charge is -2.40. The van der Waals surface area contributed by atoms with Crippen LogP contribution in [0.25, 0.3) is 0 Å². The largest absolute Gasteiger partial charge is 0.376 e. The fraction of sp³-hybridized carbons (Fsp3) is 0.579. The summed E-state index contributed by atoms with van der Waals surface area (Å²) in [4.78, 5) is 14.3. The van der Waals surface area contributed by atoms with E-state index in [0.717, 1.165) is 48.9 Å². The minimum absolute atomic E-state index is 0.0397. The van der Waals surface area contributed by atoms with Crippen molar-refractivity contribution in [1.29, 1.82) is 0 Å². The van der Waals surface area contributed by atoms with Gasteiger partial charge in [0.15, 0.2) is 5.82 Å². The molecule has 4 rings (SSSR count). The predicted octanol–water partition coefficient (Wildman–Crippen LogP) is 1.54. The number of aromatic nitrogens is 4. The highest BCUT2D eigenvalue weighted by molar-refractivity contribution is 5.44. The van der Waals surface area contributed by atoms with E-state index in [0.29, 0.717) is 19.1 Å². The van der Waals surface area contributed by atoms with Crippen LogP contribution in [-0.4, -0.2) is 39.7 Å². The zero-order valence-corrected chi connectivity index (χ0v) is 15.6. The topological polar surface area (TPSA) is 73.1 Å². The molecule has 0 aromatic carbocycles. The lowest BCUT2D eigenvalue weighted by Crippen LogP contribution is -2.50. The van der Waals surface area contributed by atoms with Crippen molar-refractivity contribution in [2.45, 2.75) is 45.8 Å². The van der Waals surface area contributed by atoms with E-state index in [9.17, 15) is 4.79 Å². The van der Waals surface area contributed by atoms with Crippen LogP contribution in [0.1, 0.15) is 37.7 Å². The highest BCUT2D eigenvalue weighted by Crippen LogP contribution is 2.26. The van der Waals surface area contributed by atoms with Crippen molar-refractivity contribution in [2.75, 3.05) is 24.6 Å². The Morgan fingerprint density at radius 3 is 2.81 bits per heavy atom. The van der Waals surface area contributed by atoms with Crippen LogP contribution in [0.2, 0.25) is 0 Å². The molecule has 2 aliphatic heterocycles. The molecule has 0 unspecified atom stereocenters. The highest BCUT2D eigenvalue weighted by Gasteiger charge is 2.30. The van der Waals surface area contributed by atoms with Crippen LogP contribution in [-0.2, 0) is 29.7 Å². The Bertz CT molecular complexity index is 865. The van der Waals surface area contributed by atoms with Crippen molar-refractivity contribution >= 4 is 5.82 Å². The Morgan fingerprint density at radius 1 is 1.23 bits per heavy atom. The second-order valence-electron chi connectivity index (χ2n) is 8.24. The van der Waals surface area contributed by atoms with Gasteiger partial charge in [0.05, 0.1) is 31.1 Å². The van der Waals surface area contributed by atoms with Gasteiger partial charge >= 0.3 is 0 Å². The molecule has 2 aromatic heterocycles. The SMILES string of the molecule is CC(C)(C)c1ccc(=O)n(CC2CN(c3cc4c(nn3)CCOC4)C2)n1. The van der Waals surface area contributed by atoms with Crippen LogP contribution in [0.4, 0.5) is 5.82 Å². The average Bonchev–Trinajstić information content (AvgIpc) is 2.57. The van der Waals surface area contributed by atoms with Crippen LogP contribution >= 0.6 is 0 Å². The number of hydrogen-bond acceptors (Lipinski definition) is 6. The Labute approximate surface area is 153 Å². The fourth-order valence-electron chi connectivity index (χ4n) is 3.38. The molecule has 0 amide bonds. The average molecular weight is 355 g/mol. The van der Waals surface area contributed by atoms with Crippen LogP contribution in [0.3, 0.4) is 0 Å². The van der Waals surface area contributed by atoms with E-state index < -0.39 is 0 Å². The Balaban J connectivity index is 1.42. The van der Waals surface area contributed by atoms with E-state index in [1.807, 2.05) is 6.07 Å². The summed E-state index contributed by atoms with van der Waals surface area (Å²) in [6.45, 7) is 10.0. The molecule has 0 radical (unpaired) electrons. The maximum absolute atomic E-state index is 12.1. The van der Waals surface area contributed by atoms with Gasteiger partial charge in [0, 0.05) is 42.5 Å². The maximum Gasteiger partial charge on any atom is 0.266 e. The second kappa shape index (κ2) is 6.46. The standard InChI is InChI=1S/C19H25N5O2/c1-19(2,3)16-4-5-18(25)24(22-16)11-13-9-23(10-13)17-8-14-12-26-7-6-15(14)20-21-17/h4-5,8,13H,6-7,9-12H2,1-3H3. The first-order valence-electron chi connectivity index (χ1n) is 9.17. The Morgan fingerprint density at radius 2 is 2.04 bits per heavy atom. The van der Waals surface area contributed by atoms with Gasteiger partial charge in [0.1, 0.15) is 0 Å². The minimum atomic E-state index is -0.0676.